The van der Waals surface area contributed by atoms with Crippen molar-refractivity contribution in [3.63, 3.8) is 0 Å². The van der Waals surface area contributed by atoms with Gasteiger partial charge in [0.1, 0.15) is 0 Å². The number of likely N-dealkylation sites (tertiary alicyclic amines) is 3. The molecule has 0 atom stereocenters. The summed E-state index contributed by atoms with van der Waals surface area (Å²) in [5.74, 6) is 0.307. The van der Waals surface area contributed by atoms with Crippen molar-refractivity contribution < 1.29 is 24.4 Å². The lowest BCUT2D eigenvalue weighted by molar-refractivity contribution is 0.0765. The summed E-state index contributed by atoms with van der Waals surface area (Å²) in [7, 11) is 0.763. The predicted octanol–water partition coefficient (Wildman–Crippen LogP) is 14.4. The third-order valence-corrected chi connectivity index (χ3v) is 19.8. The molecule has 10 rings (SSSR count). The van der Waals surface area contributed by atoms with Crippen molar-refractivity contribution in [1.82, 2.24) is 29.4 Å². The molecular formula is C78H97BBr2N8O5. The van der Waals surface area contributed by atoms with Crippen molar-refractivity contribution in [3.8, 4) is 0 Å². The largest absolute Gasteiger partial charge is 0.488 e. The highest BCUT2D eigenvalue weighted by Crippen LogP contribution is 2.36. The van der Waals surface area contributed by atoms with E-state index in [4.69, 9.17) is 21.5 Å². The number of hydrogen-bond acceptors (Lipinski definition) is 10. The lowest BCUT2D eigenvalue weighted by atomic mass is 9.80. The maximum atomic E-state index is 12.8. The molecule has 0 spiro atoms. The van der Waals surface area contributed by atoms with Gasteiger partial charge in [0.05, 0.1) is 0 Å². The molecule has 0 unspecified atom stereocenters. The molecule has 7 aromatic rings. The fraction of sp³-hybridized carbons (Fsp3) is 0.346. The van der Waals surface area contributed by atoms with Crippen LogP contribution in [0.4, 0.5) is 11.4 Å². The lowest BCUT2D eigenvalue weighted by Crippen LogP contribution is -2.30. The van der Waals surface area contributed by atoms with Crippen LogP contribution in [0.1, 0.15) is 145 Å². The van der Waals surface area contributed by atoms with Gasteiger partial charge in [-0.3, -0.25) is 24.2 Å². The topological polar surface area (TPSA) is 163 Å². The maximum absolute atomic E-state index is 12.8. The minimum atomic E-state index is -1.40. The first-order chi connectivity index (χ1) is 45.5. The van der Waals surface area contributed by atoms with Crippen LogP contribution in [0, 0.1) is 0 Å². The van der Waals surface area contributed by atoms with Crippen LogP contribution in [-0.4, -0.2) is 150 Å². The average Bonchev–Trinajstić information content (AvgIpc) is 0.910. The molecule has 3 aliphatic heterocycles. The summed E-state index contributed by atoms with van der Waals surface area (Å²) in [5.41, 5.74) is 28.5. The number of rotatable bonds is 18. The van der Waals surface area contributed by atoms with Gasteiger partial charge in [-0.1, -0.05) is 170 Å². The van der Waals surface area contributed by atoms with E-state index in [-0.39, 0.29) is 17.7 Å². The van der Waals surface area contributed by atoms with Crippen molar-refractivity contribution in [1.29, 1.82) is 0 Å². The molecule has 3 aliphatic rings. The van der Waals surface area contributed by atoms with Crippen LogP contribution in [0.5, 0.6) is 0 Å². The second-order valence-corrected chi connectivity index (χ2v) is 25.6. The summed E-state index contributed by atoms with van der Waals surface area (Å²) in [6.45, 7) is 25.0. The van der Waals surface area contributed by atoms with Gasteiger partial charge in [0.15, 0.2) is 0 Å². The summed E-state index contributed by atoms with van der Waals surface area (Å²) < 4.78 is 2.39. The van der Waals surface area contributed by atoms with Gasteiger partial charge >= 0.3 is 7.12 Å². The van der Waals surface area contributed by atoms with E-state index in [9.17, 15) is 14.4 Å². The Morgan fingerprint density at radius 2 is 0.670 bits per heavy atom. The predicted molar refractivity (Wildman–Crippen MR) is 399 cm³/mol. The Morgan fingerprint density at radius 3 is 0.989 bits per heavy atom. The smallest absolute Gasteiger partial charge is 0.423 e. The van der Waals surface area contributed by atoms with E-state index in [1.54, 1.807) is 24.3 Å². The molecule has 3 heterocycles. The molecule has 7 aromatic carbocycles. The number of benzene rings is 7. The second kappa shape index (κ2) is 38.2. The van der Waals surface area contributed by atoms with Gasteiger partial charge in [-0.2, -0.15) is 0 Å². The Kier molecular flexibility index (Phi) is 30.1. The van der Waals surface area contributed by atoms with Crippen LogP contribution >= 0.6 is 31.9 Å². The van der Waals surface area contributed by atoms with Crippen LogP contribution < -0.4 is 16.9 Å². The molecule has 0 saturated carbocycles. The van der Waals surface area contributed by atoms with Gasteiger partial charge < -0.3 is 41.1 Å². The molecule has 3 amide bonds. The first-order valence-electron chi connectivity index (χ1n) is 33.4. The fourth-order valence-electron chi connectivity index (χ4n) is 11.9. The molecule has 0 radical (unpaired) electrons. The van der Waals surface area contributed by atoms with E-state index >= 15 is 0 Å². The van der Waals surface area contributed by atoms with Crippen LogP contribution in [0.2, 0.25) is 0 Å². The molecule has 6 N–H and O–H groups in total. The fourth-order valence-corrected chi connectivity index (χ4v) is 13.2. The number of nitrogens with two attached hydrogens (primary N) is 2. The van der Waals surface area contributed by atoms with Crippen LogP contribution in [-0.2, 0) is 13.1 Å². The average molecular weight is 1400 g/mol. The third-order valence-electron chi connectivity index (χ3n) is 17.8. The van der Waals surface area contributed by atoms with Crippen LogP contribution in [0.15, 0.2) is 199 Å². The number of halogens is 2. The van der Waals surface area contributed by atoms with Crippen molar-refractivity contribution in [2.75, 3.05) is 97.1 Å². The quantitative estimate of drug-likeness (QED) is 0.0480. The van der Waals surface area contributed by atoms with Crippen molar-refractivity contribution in [2.45, 2.75) is 93.2 Å². The van der Waals surface area contributed by atoms with Gasteiger partial charge in [0, 0.05) is 129 Å². The highest BCUT2D eigenvalue weighted by atomic mass is 79.9. The Bertz CT molecular complexity index is 3550. The molecule has 496 valence electrons. The standard InChI is InChI=1S/C30H35N3O.C24H29BrN2O.C18H25BrN2O.C6H8BNO2/c1-3-33(4-2)30(34)27-12-10-24(11-13-27)29(25-14-16-28(31)17-15-25)26-18-20-32(21-19-26)22-23-8-6-5-7-9-23;1-3-27(4-2)24(28)22-12-10-20(11-13-22)23(25)21-14-16-26(17-15-21)18-19-8-6-5-7-9-19;1-4-21(5-2)18(22)16-8-6-14(7-9-16)17(19)15-10-12-20(3)13-11-15;8-6-3-1-5(2-4-6)7(9)10/h5-17H,3-4,18-22,31H2,1-2H3;5-13H,3-4,14-18H2,1-2H3;6-9H,4-5,10-13H2,1-3H3;1-4,9-10H,8H2. The Labute approximate surface area is 577 Å². The minimum Gasteiger partial charge on any atom is -0.423 e. The van der Waals surface area contributed by atoms with E-state index in [2.05, 4.69) is 151 Å². The van der Waals surface area contributed by atoms with Crippen LogP contribution in [0.25, 0.3) is 14.5 Å². The summed E-state index contributed by atoms with van der Waals surface area (Å²) in [6.07, 6.45) is 6.44. The first kappa shape index (κ1) is 74.0. The Balaban J connectivity index is 0.000000189. The zero-order valence-corrected chi connectivity index (χ0v) is 59.4. The highest BCUT2D eigenvalue weighted by molar-refractivity contribution is 9.15. The molecular weight excluding hydrogens is 1300 g/mol. The summed E-state index contributed by atoms with van der Waals surface area (Å²) in [4.78, 5) is 50.5. The normalized spacial score (nSPS) is 14.2. The van der Waals surface area contributed by atoms with E-state index in [1.165, 1.54) is 47.9 Å². The van der Waals surface area contributed by atoms with E-state index in [0.717, 1.165) is 169 Å². The number of nitrogen functional groups attached to an aromatic ring is 2. The number of hydrogen-bond donors (Lipinski definition) is 4. The first-order valence-corrected chi connectivity index (χ1v) is 35.0. The SMILES string of the molecule is CCN(CC)C(=O)c1ccc(C(=C2CCN(Cc3ccccc3)CC2)c2ccc(N)cc2)cc1.CCN(CC)C(=O)c1ccc(C(Br)=C2CCN(C)CC2)cc1.CCN(CC)C(=O)c1ccc(C(Br)=C2CCN(Cc3ccccc3)CC2)cc1.Nc1ccc(B(O)O)cc1. The van der Waals surface area contributed by atoms with E-state index in [1.807, 2.05) is 117 Å². The lowest BCUT2D eigenvalue weighted by Gasteiger charge is -2.30. The molecule has 3 saturated heterocycles. The van der Waals surface area contributed by atoms with Gasteiger partial charge in [0.25, 0.3) is 17.7 Å². The molecule has 94 heavy (non-hydrogen) atoms. The molecule has 13 nitrogen and oxygen atoms in total. The number of anilines is 2. The van der Waals surface area contributed by atoms with Crippen molar-refractivity contribution in [2.24, 2.45) is 0 Å². The van der Waals surface area contributed by atoms with Crippen molar-refractivity contribution in [3.05, 3.63) is 249 Å². The Morgan fingerprint density at radius 1 is 0.394 bits per heavy atom. The third kappa shape index (κ3) is 21.8. The molecule has 0 bridgehead atoms. The zero-order valence-electron chi connectivity index (χ0n) is 56.3. The van der Waals surface area contributed by atoms with Gasteiger partial charge in [0.2, 0.25) is 0 Å². The summed E-state index contributed by atoms with van der Waals surface area (Å²) in [5, 5.41) is 17.3. The molecule has 0 aliphatic carbocycles. The number of carbonyl (C=O) groups is 3. The number of amides is 3. The molecule has 0 aromatic heterocycles. The second-order valence-electron chi connectivity index (χ2n) is 24.0. The van der Waals surface area contributed by atoms with Gasteiger partial charge in [-0.25, -0.2) is 0 Å². The Hall–Kier alpha value is -7.41. The van der Waals surface area contributed by atoms with Crippen molar-refractivity contribution >= 4 is 88.1 Å². The van der Waals surface area contributed by atoms with Gasteiger partial charge in [-0.15, -0.1) is 0 Å². The highest BCUT2D eigenvalue weighted by Gasteiger charge is 2.23. The zero-order chi connectivity index (χ0) is 67.5. The van der Waals surface area contributed by atoms with E-state index < -0.39 is 7.12 Å². The maximum Gasteiger partial charge on any atom is 0.488 e. The minimum absolute atomic E-state index is 0.0902. The summed E-state index contributed by atoms with van der Waals surface area (Å²) >= 11 is 7.57. The summed E-state index contributed by atoms with van der Waals surface area (Å²) in [6, 6.07) is 60.0. The number of nitrogens with zero attached hydrogens (tertiary/aromatic N) is 6. The van der Waals surface area contributed by atoms with Crippen LogP contribution in [0.3, 0.4) is 0 Å². The number of piperidine rings is 3. The monoisotopic (exact) mass is 1390 g/mol. The number of carbonyl (C=O) groups excluding carboxylic acids is 3. The molecule has 3 fully saturated rings. The van der Waals surface area contributed by atoms with E-state index in [0.29, 0.717) is 11.2 Å². The molecule has 16 heteroatoms. The van der Waals surface area contributed by atoms with Gasteiger partial charge in [-0.05, 0) is 192 Å².